The van der Waals surface area contributed by atoms with Gasteiger partial charge < -0.3 is 0 Å². The fourth-order valence-corrected chi connectivity index (χ4v) is 2.09. The number of carbonyl (C=O) groups is 2. The second-order valence-electron chi connectivity index (χ2n) is 4.09. The minimum atomic E-state index is -0.378. The van der Waals surface area contributed by atoms with Crippen molar-refractivity contribution in [3.05, 3.63) is 34.6 Å². The maximum atomic E-state index is 13.0. The van der Waals surface area contributed by atoms with E-state index in [1.54, 1.807) is 0 Å². The minimum Gasteiger partial charge on any atom is -0.296 e. The van der Waals surface area contributed by atoms with Gasteiger partial charge in [0.1, 0.15) is 5.82 Å². The van der Waals surface area contributed by atoms with Crippen LogP contribution in [0.3, 0.4) is 0 Å². The summed E-state index contributed by atoms with van der Waals surface area (Å²) in [7, 11) is 0. The molecule has 1 atom stereocenters. The molecule has 3 nitrogen and oxygen atoms in total. The van der Waals surface area contributed by atoms with Gasteiger partial charge in [-0.3, -0.25) is 14.9 Å². The van der Waals surface area contributed by atoms with E-state index in [4.69, 9.17) is 11.6 Å². The van der Waals surface area contributed by atoms with E-state index in [2.05, 4.69) is 5.32 Å². The largest absolute Gasteiger partial charge is 0.296 e. The van der Waals surface area contributed by atoms with E-state index in [1.807, 2.05) is 0 Å². The molecule has 0 aromatic heterocycles. The van der Waals surface area contributed by atoms with Crippen molar-refractivity contribution >= 4 is 23.4 Å². The predicted octanol–water partition coefficient (Wildman–Crippen LogP) is 2.07. The van der Waals surface area contributed by atoms with Gasteiger partial charge in [-0.05, 0) is 36.6 Å². The van der Waals surface area contributed by atoms with Gasteiger partial charge in [0, 0.05) is 17.4 Å². The third-order valence-corrected chi connectivity index (χ3v) is 3.20. The predicted molar refractivity (Wildman–Crippen MR) is 61.0 cm³/mol. The summed E-state index contributed by atoms with van der Waals surface area (Å²) in [6.45, 7) is 0. The van der Waals surface area contributed by atoms with Gasteiger partial charge in [0.15, 0.2) is 0 Å². The molecular weight excluding hydrogens is 245 g/mol. The van der Waals surface area contributed by atoms with E-state index < -0.39 is 0 Å². The Morgan fingerprint density at radius 1 is 1.41 bits per heavy atom. The highest BCUT2D eigenvalue weighted by Gasteiger charge is 2.27. The van der Waals surface area contributed by atoms with Crippen molar-refractivity contribution in [2.75, 3.05) is 0 Å². The van der Waals surface area contributed by atoms with Crippen molar-refractivity contribution in [3.63, 3.8) is 0 Å². The Balaban J connectivity index is 2.13. The first-order valence-corrected chi connectivity index (χ1v) is 5.71. The molecule has 0 radical (unpaired) electrons. The van der Waals surface area contributed by atoms with Crippen LogP contribution in [0, 0.1) is 11.7 Å². The Labute approximate surface area is 103 Å². The number of hydrogen-bond acceptors (Lipinski definition) is 2. The zero-order valence-electron chi connectivity index (χ0n) is 9.00. The average Bonchev–Trinajstić information content (AvgIpc) is 2.27. The van der Waals surface area contributed by atoms with Gasteiger partial charge >= 0.3 is 0 Å². The molecule has 1 fully saturated rings. The number of halogens is 2. The van der Waals surface area contributed by atoms with Crippen LogP contribution in [0.25, 0.3) is 0 Å². The average molecular weight is 256 g/mol. The lowest BCUT2D eigenvalue weighted by atomic mass is 9.91. The van der Waals surface area contributed by atoms with Gasteiger partial charge in [-0.2, -0.15) is 0 Å². The van der Waals surface area contributed by atoms with E-state index in [0.29, 0.717) is 29.8 Å². The lowest BCUT2D eigenvalue weighted by Gasteiger charge is -2.21. The topological polar surface area (TPSA) is 46.2 Å². The maximum absolute atomic E-state index is 13.0. The van der Waals surface area contributed by atoms with Crippen LogP contribution in [0.15, 0.2) is 18.2 Å². The number of imide groups is 1. The Morgan fingerprint density at radius 2 is 2.18 bits per heavy atom. The Bertz CT molecular complexity index is 476. The van der Waals surface area contributed by atoms with Crippen LogP contribution in [0.1, 0.15) is 18.4 Å². The number of amides is 2. The van der Waals surface area contributed by atoms with Crippen molar-refractivity contribution in [1.29, 1.82) is 0 Å². The standard InChI is InChI=1S/C12H11ClFNO2/c13-10-3-2-9(14)6-8(10)5-7-1-4-11(16)15-12(7)17/h2-3,6-7H,1,4-5H2,(H,15,16,17). The number of nitrogens with one attached hydrogen (secondary N) is 1. The lowest BCUT2D eigenvalue weighted by Crippen LogP contribution is -2.41. The number of benzene rings is 1. The molecule has 0 aliphatic carbocycles. The minimum absolute atomic E-state index is 0.253. The van der Waals surface area contributed by atoms with Crippen LogP contribution in [-0.4, -0.2) is 11.8 Å². The molecule has 1 N–H and O–H groups in total. The first-order chi connectivity index (χ1) is 8.06. The van der Waals surface area contributed by atoms with E-state index >= 15 is 0 Å². The zero-order valence-corrected chi connectivity index (χ0v) is 9.76. The number of hydrogen-bond donors (Lipinski definition) is 1. The quantitative estimate of drug-likeness (QED) is 0.823. The van der Waals surface area contributed by atoms with E-state index in [1.165, 1.54) is 18.2 Å². The highest BCUT2D eigenvalue weighted by atomic mass is 35.5. The van der Waals surface area contributed by atoms with Gasteiger partial charge in [0.05, 0.1) is 0 Å². The molecule has 0 saturated carbocycles. The van der Waals surface area contributed by atoms with Crippen LogP contribution < -0.4 is 5.32 Å². The Kier molecular flexibility index (Phi) is 3.43. The monoisotopic (exact) mass is 255 g/mol. The van der Waals surface area contributed by atoms with Crippen molar-refractivity contribution in [1.82, 2.24) is 5.32 Å². The molecule has 90 valence electrons. The smallest absolute Gasteiger partial charge is 0.230 e. The normalized spacial score (nSPS) is 20.2. The molecule has 1 unspecified atom stereocenters. The molecule has 2 rings (SSSR count). The fraction of sp³-hybridized carbons (Fsp3) is 0.333. The molecule has 1 aromatic carbocycles. The summed E-state index contributed by atoms with van der Waals surface area (Å²) < 4.78 is 13.0. The molecular formula is C12H11ClFNO2. The van der Waals surface area contributed by atoms with Crippen LogP contribution in [-0.2, 0) is 16.0 Å². The van der Waals surface area contributed by atoms with Crippen molar-refractivity contribution < 1.29 is 14.0 Å². The highest BCUT2D eigenvalue weighted by Crippen LogP contribution is 2.24. The third-order valence-electron chi connectivity index (χ3n) is 2.83. The Morgan fingerprint density at radius 3 is 2.88 bits per heavy atom. The summed E-state index contributed by atoms with van der Waals surface area (Å²) in [4.78, 5) is 22.5. The maximum Gasteiger partial charge on any atom is 0.230 e. The molecule has 1 aromatic rings. The summed E-state index contributed by atoms with van der Waals surface area (Å²) in [5, 5.41) is 2.71. The first-order valence-electron chi connectivity index (χ1n) is 5.34. The van der Waals surface area contributed by atoms with Crippen LogP contribution in [0.2, 0.25) is 5.02 Å². The third kappa shape index (κ3) is 2.82. The summed E-state index contributed by atoms with van der Waals surface area (Å²) in [5.41, 5.74) is 0.598. The lowest BCUT2D eigenvalue weighted by molar-refractivity contribution is -0.136. The summed E-state index contributed by atoms with van der Waals surface area (Å²) in [5.74, 6) is -1.25. The van der Waals surface area contributed by atoms with Crippen molar-refractivity contribution in [2.45, 2.75) is 19.3 Å². The number of rotatable bonds is 2. The van der Waals surface area contributed by atoms with Gasteiger partial charge in [-0.15, -0.1) is 0 Å². The van der Waals surface area contributed by atoms with Gasteiger partial charge in [-0.1, -0.05) is 11.6 Å². The molecule has 0 bridgehead atoms. The van der Waals surface area contributed by atoms with Crippen molar-refractivity contribution in [2.24, 2.45) is 5.92 Å². The molecule has 1 saturated heterocycles. The highest BCUT2D eigenvalue weighted by molar-refractivity contribution is 6.31. The number of piperidine rings is 1. The van der Waals surface area contributed by atoms with Gasteiger partial charge in [0.2, 0.25) is 11.8 Å². The molecule has 1 aliphatic heterocycles. The van der Waals surface area contributed by atoms with E-state index in [9.17, 15) is 14.0 Å². The van der Waals surface area contributed by atoms with Crippen LogP contribution in [0.4, 0.5) is 4.39 Å². The SMILES string of the molecule is O=C1CCC(Cc2cc(F)ccc2Cl)C(=O)N1. The van der Waals surface area contributed by atoms with Gasteiger partial charge in [-0.25, -0.2) is 4.39 Å². The van der Waals surface area contributed by atoms with Crippen molar-refractivity contribution in [3.8, 4) is 0 Å². The molecule has 2 amide bonds. The zero-order chi connectivity index (χ0) is 12.4. The summed E-state index contributed by atoms with van der Waals surface area (Å²) >= 11 is 5.93. The van der Waals surface area contributed by atoms with Crippen LogP contribution in [0.5, 0.6) is 0 Å². The molecule has 5 heteroatoms. The Hall–Kier alpha value is -1.42. The van der Waals surface area contributed by atoms with Crippen LogP contribution >= 0.6 is 11.6 Å². The second-order valence-corrected chi connectivity index (χ2v) is 4.50. The molecule has 0 spiro atoms. The molecule has 1 heterocycles. The fourth-order valence-electron chi connectivity index (χ4n) is 1.90. The van der Waals surface area contributed by atoms with Gasteiger partial charge in [0.25, 0.3) is 0 Å². The van der Waals surface area contributed by atoms with E-state index in [0.717, 1.165) is 0 Å². The molecule has 1 aliphatic rings. The second kappa shape index (κ2) is 4.84. The molecule has 17 heavy (non-hydrogen) atoms. The summed E-state index contributed by atoms with van der Waals surface area (Å²) in [6.07, 6.45) is 1.16. The number of carbonyl (C=O) groups excluding carboxylic acids is 2. The van der Waals surface area contributed by atoms with E-state index in [-0.39, 0.29) is 23.5 Å². The summed E-state index contributed by atoms with van der Waals surface area (Å²) in [6, 6.07) is 4.07. The first kappa shape index (κ1) is 12.0.